The molecule has 1 N–H and O–H groups in total. The van der Waals surface area contributed by atoms with E-state index < -0.39 is 20.7 Å². The first-order valence-electron chi connectivity index (χ1n) is 8.31. The van der Waals surface area contributed by atoms with E-state index in [1.54, 1.807) is 18.2 Å². The van der Waals surface area contributed by atoms with Crippen LogP contribution in [0.15, 0.2) is 41.3 Å². The molecule has 0 amide bonds. The summed E-state index contributed by atoms with van der Waals surface area (Å²) < 4.78 is 57.6. The average Bonchev–Trinajstić information content (AvgIpc) is 2.68. The molecule has 2 aromatic carbocycles. The lowest BCUT2D eigenvalue weighted by Crippen LogP contribution is -2.36. The summed E-state index contributed by atoms with van der Waals surface area (Å²) in [4.78, 5) is 1.58. The third kappa shape index (κ3) is 4.25. The fourth-order valence-electron chi connectivity index (χ4n) is 2.84. The Morgan fingerprint density at radius 1 is 1.07 bits per heavy atom. The highest BCUT2D eigenvalue weighted by Gasteiger charge is 2.23. The van der Waals surface area contributed by atoms with Gasteiger partial charge in [0.1, 0.15) is 10.7 Å². The van der Waals surface area contributed by atoms with Crippen molar-refractivity contribution in [2.45, 2.75) is 4.90 Å². The normalized spacial score (nSPS) is 14.7. The molecule has 0 aliphatic carbocycles. The van der Waals surface area contributed by atoms with Crippen LogP contribution in [0.5, 0.6) is 11.5 Å². The van der Waals surface area contributed by atoms with Gasteiger partial charge in [0.25, 0.3) is 10.0 Å². The molecular formula is C18H21FN2O5S. The van der Waals surface area contributed by atoms with Gasteiger partial charge >= 0.3 is 0 Å². The van der Waals surface area contributed by atoms with Crippen molar-refractivity contribution >= 4 is 21.4 Å². The average molecular weight is 396 g/mol. The largest absolute Gasteiger partial charge is 0.493 e. The molecule has 1 fully saturated rings. The molecule has 2 aromatic rings. The van der Waals surface area contributed by atoms with Gasteiger partial charge in [-0.25, -0.2) is 12.8 Å². The number of morpholine rings is 1. The third-order valence-electron chi connectivity index (χ3n) is 4.20. The molecule has 0 aromatic heterocycles. The van der Waals surface area contributed by atoms with Gasteiger partial charge in [-0.2, -0.15) is 0 Å². The van der Waals surface area contributed by atoms with Crippen molar-refractivity contribution in [2.75, 3.05) is 50.1 Å². The zero-order valence-electron chi connectivity index (χ0n) is 15.1. The van der Waals surface area contributed by atoms with Crippen molar-refractivity contribution in [3.63, 3.8) is 0 Å². The quantitative estimate of drug-likeness (QED) is 0.808. The number of sulfonamides is 1. The SMILES string of the molecule is COc1cc(F)c(S(=O)(=O)Nc2cccc(N3CCOCC3)c2)cc1OC. The third-order valence-corrected chi connectivity index (χ3v) is 5.60. The molecule has 0 saturated carbocycles. The van der Waals surface area contributed by atoms with Crippen LogP contribution >= 0.6 is 0 Å². The van der Waals surface area contributed by atoms with Crippen LogP contribution < -0.4 is 19.1 Å². The van der Waals surface area contributed by atoms with Gasteiger partial charge in [0, 0.05) is 30.9 Å². The predicted octanol–water partition coefficient (Wildman–Crippen LogP) is 2.48. The topological polar surface area (TPSA) is 77.1 Å². The number of benzene rings is 2. The van der Waals surface area contributed by atoms with Crippen molar-refractivity contribution in [1.29, 1.82) is 0 Å². The van der Waals surface area contributed by atoms with Crippen LogP contribution in [-0.4, -0.2) is 48.9 Å². The Bertz CT molecular complexity index is 914. The van der Waals surface area contributed by atoms with E-state index in [0.717, 1.165) is 30.9 Å². The smallest absolute Gasteiger partial charge is 0.264 e. The lowest BCUT2D eigenvalue weighted by atomic mass is 10.2. The first kappa shape index (κ1) is 19.2. The Balaban J connectivity index is 1.89. The maximum absolute atomic E-state index is 14.3. The van der Waals surface area contributed by atoms with Crippen LogP contribution in [-0.2, 0) is 14.8 Å². The number of hydrogen-bond acceptors (Lipinski definition) is 6. The van der Waals surface area contributed by atoms with Crippen LogP contribution in [0.4, 0.5) is 15.8 Å². The lowest BCUT2D eigenvalue weighted by Gasteiger charge is -2.29. The van der Waals surface area contributed by atoms with Crippen molar-refractivity contribution in [1.82, 2.24) is 0 Å². The second-order valence-electron chi connectivity index (χ2n) is 5.89. The van der Waals surface area contributed by atoms with E-state index in [0.29, 0.717) is 18.9 Å². The molecule has 3 rings (SSSR count). The zero-order valence-corrected chi connectivity index (χ0v) is 15.9. The summed E-state index contributed by atoms with van der Waals surface area (Å²) in [5, 5.41) is 0. The number of nitrogens with one attached hydrogen (secondary N) is 1. The Morgan fingerprint density at radius 2 is 1.74 bits per heavy atom. The summed E-state index contributed by atoms with van der Waals surface area (Å²) in [5.74, 6) is -0.686. The lowest BCUT2D eigenvalue weighted by molar-refractivity contribution is 0.122. The molecule has 0 atom stereocenters. The van der Waals surface area contributed by atoms with Crippen LogP contribution in [0.2, 0.25) is 0 Å². The van der Waals surface area contributed by atoms with Crippen molar-refractivity contribution < 1.29 is 27.0 Å². The molecule has 0 unspecified atom stereocenters. The number of anilines is 2. The Labute approximate surface area is 157 Å². The molecule has 0 bridgehead atoms. The maximum Gasteiger partial charge on any atom is 0.264 e. The number of nitrogens with zero attached hydrogens (tertiary/aromatic N) is 1. The number of rotatable bonds is 6. The summed E-state index contributed by atoms with van der Waals surface area (Å²) in [6, 6.07) is 9.04. The fraction of sp³-hybridized carbons (Fsp3) is 0.333. The first-order chi connectivity index (χ1) is 12.9. The Morgan fingerprint density at radius 3 is 2.41 bits per heavy atom. The predicted molar refractivity (Wildman–Crippen MR) is 99.8 cm³/mol. The van der Waals surface area contributed by atoms with Crippen molar-refractivity contribution in [3.8, 4) is 11.5 Å². The summed E-state index contributed by atoms with van der Waals surface area (Å²) >= 11 is 0. The van der Waals surface area contributed by atoms with Gasteiger partial charge in [-0.3, -0.25) is 4.72 Å². The minimum Gasteiger partial charge on any atom is -0.493 e. The maximum atomic E-state index is 14.3. The number of hydrogen-bond donors (Lipinski definition) is 1. The minimum atomic E-state index is -4.15. The van der Waals surface area contributed by atoms with E-state index in [2.05, 4.69) is 9.62 Å². The Hall–Kier alpha value is -2.52. The van der Waals surface area contributed by atoms with E-state index in [1.165, 1.54) is 14.2 Å². The molecule has 27 heavy (non-hydrogen) atoms. The van der Waals surface area contributed by atoms with Crippen LogP contribution in [0.1, 0.15) is 0 Å². The zero-order chi connectivity index (χ0) is 19.4. The summed E-state index contributed by atoms with van der Waals surface area (Å²) in [5.41, 5.74) is 1.21. The molecule has 9 heteroatoms. The molecule has 7 nitrogen and oxygen atoms in total. The van der Waals surface area contributed by atoms with E-state index in [9.17, 15) is 12.8 Å². The number of halogens is 1. The molecule has 1 heterocycles. The van der Waals surface area contributed by atoms with E-state index in [-0.39, 0.29) is 11.5 Å². The fourth-order valence-corrected chi connectivity index (χ4v) is 3.96. The second kappa shape index (κ2) is 8.01. The highest BCUT2D eigenvalue weighted by Crippen LogP contribution is 2.33. The van der Waals surface area contributed by atoms with Crippen LogP contribution in [0.25, 0.3) is 0 Å². The van der Waals surface area contributed by atoms with Gasteiger partial charge in [0.15, 0.2) is 11.5 Å². The monoisotopic (exact) mass is 396 g/mol. The number of ether oxygens (including phenoxy) is 3. The van der Waals surface area contributed by atoms with Crippen molar-refractivity contribution in [3.05, 3.63) is 42.2 Å². The van der Waals surface area contributed by atoms with Gasteiger partial charge in [-0.15, -0.1) is 0 Å². The molecular weight excluding hydrogens is 375 g/mol. The summed E-state index contributed by atoms with van der Waals surface area (Å²) in [6.45, 7) is 2.68. The van der Waals surface area contributed by atoms with Gasteiger partial charge < -0.3 is 19.1 Å². The van der Waals surface area contributed by atoms with Gasteiger partial charge in [0.2, 0.25) is 0 Å². The molecule has 0 spiro atoms. The van der Waals surface area contributed by atoms with Crippen molar-refractivity contribution in [2.24, 2.45) is 0 Å². The molecule has 1 aliphatic heterocycles. The highest BCUT2D eigenvalue weighted by atomic mass is 32.2. The second-order valence-corrected chi connectivity index (χ2v) is 7.54. The van der Waals surface area contributed by atoms with Crippen LogP contribution in [0.3, 0.4) is 0 Å². The summed E-state index contributed by atoms with van der Waals surface area (Å²) in [7, 11) is -1.45. The first-order valence-corrected chi connectivity index (χ1v) is 9.80. The molecule has 146 valence electrons. The van der Waals surface area contributed by atoms with Gasteiger partial charge in [-0.1, -0.05) is 6.07 Å². The molecule has 1 aliphatic rings. The molecule has 1 saturated heterocycles. The number of methoxy groups -OCH3 is 2. The standard InChI is InChI=1S/C18H21FN2O5S/c1-24-16-11-15(19)18(12-17(16)25-2)27(22,23)20-13-4-3-5-14(10-13)21-6-8-26-9-7-21/h3-5,10-12,20H,6-9H2,1-2H3. The van der Waals surface area contributed by atoms with E-state index in [1.807, 2.05) is 6.07 Å². The summed E-state index contributed by atoms with van der Waals surface area (Å²) in [6.07, 6.45) is 0. The van der Waals surface area contributed by atoms with Gasteiger partial charge in [-0.05, 0) is 18.2 Å². The highest BCUT2D eigenvalue weighted by molar-refractivity contribution is 7.92. The van der Waals surface area contributed by atoms with E-state index >= 15 is 0 Å². The molecule has 0 radical (unpaired) electrons. The van der Waals surface area contributed by atoms with Gasteiger partial charge in [0.05, 0.1) is 33.1 Å². The van der Waals surface area contributed by atoms with Crippen LogP contribution in [0, 0.1) is 5.82 Å². The Kier molecular flexibility index (Phi) is 5.71. The van der Waals surface area contributed by atoms with E-state index in [4.69, 9.17) is 14.2 Å². The minimum absolute atomic E-state index is 0.114.